The van der Waals surface area contributed by atoms with E-state index >= 15 is 0 Å². The van der Waals surface area contributed by atoms with Crippen LogP contribution in [-0.2, 0) is 0 Å². The van der Waals surface area contributed by atoms with Crippen LogP contribution in [0.4, 0.5) is 0 Å². The molecule has 0 spiro atoms. The molecule has 1 rings (SSSR count). The average Bonchev–Trinajstić information content (AvgIpc) is 2.52. The smallest absolute Gasteiger partial charge is 0.0182 e. The number of rotatable bonds is 3. The Morgan fingerprint density at radius 2 is 1.67 bits per heavy atom. The molecule has 0 radical (unpaired) electrons. The van der Waals surface area contributed by atoms with Gasteiger partial charge in [-0.2, -0.15) is 0 Å². The molecule has 1 saturated carbocycles. The Labute approximate surface area is 58.0 Å². The van der Waals surface area contributed by atoms with Crippen LogP contribution in [0.2, 0.25) is 0 Å². The van der Waals surface area contributed by atoms with Gasteiger partial charge in [0.1, 0.15) is 0 Å². The monoisotopic (exact) mass is 127 g/mol. The predicted molar refractivity (Wildman–Crippen MR) is 40.6 cm³/mol. The highest BCUT2D eigenvalue weighted by Crippen LogP contribution is 2.40. The highest BCUT2D eigenvalue weighted by Gasteiger charge is 2.41. The third kappa shape index (κ3) is 1.26. The van der Waals surface area contributed by atoms with E-state index in [1.165, 1.54) is 25.9 Å². The maximum Gasteiger partial charge on any atom is 0.0182 e. The lowest BCUT2D eigenvalue weighted by Crippen LogP contribution is -2.34. The minimum absolute atomic E-state index is 0.601. The fourth-order valence-electron chi connectivity index (χ4n) is 1.48. The van der Waals surface area contributed by atoms with Crippen molar-refractivity contribution >= 4 is 0 Å². The van der Waals surface area contributed by atoms with Crippen molar-refractivity contribution in [2.75, 3.05) is 13.1 Å². The Morgan fingerprint density at radius 1 is 1.22 bits per heavy atom. The molecule has 1 nitrogen and oxygen atoms in total. The molecule has 0 saturated heterocycles. The zero-order valence-electron chi connectivity index (χ0n) is 6.78. The topological polar surface area (TPSA) is 3.24 Å². The second-order valence-electron chi connectivity index (χ2n) is 3.17. The van der Waals surface area contributed by atoms with Crippen LogP contribution in [0.3, 0.4) is 0 Å². The van der Waals surface area contributed by atoms with E-state index in [1.54, 1.807) is 0 Å². The standard InChI is InChI=1S/C8H17N/c1-4-9(5-2)8(3)6-7-8/h4-7H2,1-3H3. The summed E-state index contributed by atoms with van der Waals surface area (Å²) >= 11 is 0. The van der Waals surface area contributed by atoms with E-state index < -0.39 is 0 Å². The normalized spacial score (nSPS) is 22.7. The lowest BCUT2D eigenvalue weighted by Gasteiger charge is -2.25. The summed E-state index contributed by atoms with van der Waals surface area (Å²) in [5.74, 6) is 0. The maximum absolute atomic E-state index is 2.55. The van der Waals surface area contributed by atoms with Crippen molar-refractivity contribution in [3.05, 3.63) is 0 Å². The first-order valence-corrected chi connectivity index (χ1v) is 3.98. The molecule has 1 fully saturated rings. The molecule has 0 N–H and O–H groups in total. The summed E-state index contributed by atoms with van der Waals surface area (Å²) in [5.41, 5.74) is 0.601. The van der Waals surface area contributed by atoms with Crippen LogP contribution in [0, 0.1) is 0 Å². The van der Waals surface area contributed by atoms with E-state index in [0.717, 1.165) is 0 Å². The van der Waals surface area contributed by atoms with Crippen molar-refractivity contribution in [2.24, 2.45) is 0 Å². The Kier molecular flexibility index (Phi) is 1.80. The van der Waals surface area contributed by atoms with Crippen LogP contribution in [-0.4, -0.2) is 23.5 Å². The molecule has 0 aromatic rings. The maximum atomic E-state index is 2.55. The molecule has 0 bridgehead atoms. The van der Waals surface area contributed by atoms with Gasteiger partial charge in [0, 0.05) is 5.54 Å². The van der Waals surface area contributed by atoms with Crippen molar-refractivity contribution in [3.63, 3.8) is 0 Å². The van der Waals surface area contributed by atoms with Crippen molar-refractivity contribution in [3.8, 4) is 0 Å². The summed E-state index contributed by atoms with van der Waals surface area (Å²) in [6.45, 7) is 9.28. The van der Waals surface area contributed by atoms with E-state index in [9.17, 15) is 0 Å². The van der Waals surface area contributed by atoms with E-state index in [2.05, 4.69) is 25.7 Å². The van der Waals surface area contributed by atoms with Gasteiger partial charge in [0.2, 0.25) is 0 Å². The molecule has 54 valence electrons. The zero-order chi connectivity index (χ0) is 6.91. The van der Waals surface area contributed by atoms with Crippen LogP contribution < -0.4 is 0 Å². The molecule has 1 heteroatoms. The minimum Gasteiger partial charge on any atom is -0.298 e. The van der Waals surface area contributed by atoms with Gasteiger partial charge in [0.25, 0.3) is 0 Å². The molecule has 1 aliphatic carbocycles. The Morgan fingerprint density at radius 3 is 1.78 bits per heavy atom. The molecule has 0 heterocycles. The fourth-order valence-corrected chi connectivity index (χ4v) is 1.48. The van der Waals surface area contributed by atoms with Crippen LogP contribution in [0.15, 0.2) is 0 Å². The van der Waals surface area contributed by atoms with Gasteiger partial charge in [0.15, 0.2) is 0 Å². The van der Waals surface area contributed by atoms with E-state index in [-0.39, 0.29) is 0 Å². The Balaban J connectivity index is 2.37. The first-order valence-electron chi connectivity index (χ1n) is 3.98. The minimum atomic E-state index is 0.601. The summed E-state index contributed by atoms with van der Waals surface area (Å²) in [5, 5.41) is 0. The molecule has 0 atom stereocenters. The SMILES string of the molecule is CCN(CC)C1(C)CC1. The van der Waals surface area contributed by atoms with Crippen LogP contribution in [0.5, 0.6) is 0 Å². The highest BCUT2D eigenvalue weighted by atomic mass is 15.2. The lowest BCUT2D eigenvalue weighted by atomic mass is 10.2. The summed E-state index contributed by atoms with van der Waals surface area (Å²) in [7, 11) is 0. The quantitative estimate of drug-likeness (QED) is 0.559. The highest BCUT2D eigenvalue weighted by molar-refractivity contribution is 4.98. The summed E-state index contributed by atoms with van der Waals surface area (Å²) in [4.78, 5) is 2.55. The summed E-state index contributed by atoms with van der Waals surface area (Å²) in [6.07, 6.45) is 2.82. The molecule has 0 aliphatic heterocycles. The van der Waals surface area contributed by atoms with Crippen molar-refractivity contribution in [2.45, 2.75) is 39.2 Å². The van der Waals surface area contributed by atoms with Gasteiger partial charge in [-0.05, 0) is 32.9 Å². The summed E-state index contributed by atoms with van der Waals surface area (Å²) < 4.78 is 0. The van der Waals surface area contributed by atoms with Gasteiger partial charge in [-0.15, -0.1) is 0 Å². The van der Waals surface area contributed by atoms with E-state index in [4.69, 9.17) is 0 Å². The first-order chi connectivity index (χ1) is 4.23. The van der Waals surface area contributed by atoms with E-state index in [0.29, 0.717) is 5.54 Å². The third-order valence-corrected chi connectivity index (χ3v) is 2.50. The third-order valence-electron chi connectivity index (χ3n) is 2.50. The second-order valence-corrected chi connectivity index (χ2v) is 3.17. The molecule has 0 amide bonds. The van der Waals surface area contributed by atoms with Crippen molar-refractivity contribution in [1.82, 2.24) is 4.90 Å². The molecule has 1 aliphatic rings. The lowest BCUT2D eigenvalue weighted by molar-refractivity contribution is 0.213. The van der Waals surface area contributed by atoms with E-state index in [1.807, 2.05) is 0 Å². The Hall–Kier alpha value is -0.0400. The number of hydrogen-bond acceptors (Lipinski definition) is 1. The molecular weight excluding hydrogens is 110 g/mol. The van der Waals surface area contributed by atoms with Gasteiger partial charge in [0.05, 0.1) is 0 Å². The van der Waals surface area contributed by atoms with Gasteiger partial charge < -0.3 is 0 Å². The van der Waals surface area contributed by atoms with Gasteiger partial charge in [-0.25, -0.2) is 0 Å². The molecule has 0 unspecified atom stereocenters. The van der Waals surface area contributed by atoms with Gasteiger partial charge >= 0.3 is 0 Å². The zero-order valence-corrected chi connectivity index (χ0v) is 6.78. The number of nitrogens with zero attached hydrogens (tertiary/aromatic N) is 1. The van der Waals surface area contributed by atoms with Gasteiger partial charge in [-0.1, -0.05) is 13.8 Å². The molecule has 0 aromatic heterocycles. The summed E-state index contributed by atoms with van der Waals surface area (Å²) in [6, 6.07) is 0. The van der Waals surface area contributed by atoms with Crippen LogP contribution in [0.25, 0.3) is 0 Å². The predicted octanol–water partition coefficient (Wildman–Crippen LogP) is 1.88. The fraction of sp³-hybridized carbons (Fsp3) is 1.00. The average molecular weight is 127 g/mol. The number of hydrogen-bond donors (Lipinski definition) is 0. The molecular formula is C8H17N. The first kappa shape index (κ1) is 7.07. The van der Waals surface area contributed by atoms with Crippen molar-refractivity contribution < 1.29 is 0 Å². The molecule has 0 aromatic carbocycles. The Bertz CT molecular complexity index is 90.7. The largest absolute Gasteiger partial charge is 0.298 e. The van der Waals surface area contributed by atoms with Crippen LogP contribution >= 0.6 is 0 Å². The van der Waals surface area contributed by atoms with Gasteiger partial charge in [-0.3, -0.25) is 4.90 Å². The van der Waals surface area contributed by atoms with Crippen molar-refractivity contribution in [1.29, 1.82) is 0 Å². The molecule has 9 heavy (non-hydrogen) atoms. The van der Waals surface area contributed by atoms with Crippen LogP contribution in [0.1, 0.15) is 33.6 Å². The second kappa shape index (κ2) is 2.30.